The van der Waals surface area contributed by atoms with E-state index in [0.717, 1.165) is 6.54 Å². The number of nitrogens with one attached hydrogen (secondary N) is 1. The second kappa shape index (κ2) is 5.65. The van der Waals surface area contributed by atoms with Crippen molar-refractivity contribution in [1.82, 2.24) is 15.3 Å². The third-order valence-electron chi connectivity index (χ3n) is 1.73. The van der Waals surface area contributed by atoms with Gasteiger partial charge in [0.25, 0.3) is 0 Å². The number of hydrazine groups is 1. The Kier molecular flexibility index (Phi) is 5.23. The van der Waals surface area contributed by atoms with Crippen LogP contribution in [0.4, 0.5) is 0 Å². The molecular weight excluding hydrogens is 162 g/mol. The fraction of sp³-hybridized carbons (Fsp3) is 0.600. The van der Waals surface area contributed by atoms with Crippen LogP contribution < -0.4 is 5.43 Å². The molecule has 0 aromatic carbocycles. The molecule has 0 saturated carbocycles. The molecule has 0 amide bonds. The van der Waals surface area contributed by atoms with Crippen molar-refractivity contribution in [2.75, 3.05) is 20.6 Å². The number of hydrogen-bond donors (Lipinski definition) is 1. The van der Waals surface area contributed by atoms with Crippen molar-refractivity contribution in [2.24, 2.45) is 0 Å². The third-order valence-corrected chi connectivity index (χ3v) is 1.73. The Morgan fingerprint density at radius 3 is 2.31 bits per heavy atom. The first kappa shape index (κ1) is 12.0. The molecule has 1 rings (SSSR count). The van der Waals surface area contributed by atoms with E-state index < -0.39 is 0 Å². The second-order valence-corrected chi connectivity index (χ2v) is 2.89. The fourth-order valence-corrected chi connectivity index (χ4v) is 1.31. The van der Waals surface area contributed by atoms with E-state index in [1.54, 1.807) is 6.20 Å². The van der Waals surface area contributed by atoms with E-state index in [9.17, 15) is 0 Å². The Labute approximate surface area is 81.7 Å². The summed E-state index contributed by atoms with van der Waals surface area (Å²) < 4.78 is 0. The first-order valence-corrected chi connectivity index (χ1v) is 4.69. The predicted octanol–water partition coefficient (Wildman–Crippen LogP) is 1.77. The largest absolute Gasteiger partial charge is 0.363 e. The zero-order valence-electron chi connectivity index (χ0n) is 9.39. The summed E-state index contributed by atoms with van der Waals surface area (Å²) in [6.07, 6.45) is 1.78. The molecule has 1 heterocycles. The molecule has 0 saturated heterocycles. The molecule has 0 aliphatic carbocycles. The number of hydrogen-bond acceptors (Lipinski definition) is 3. The van der Waals surface area contributed by atoms with Crippen molar-refractivity contribution in [3.63, 3.8) is 0 Å². The van der Waals surface area contributed by atoms with Crippen LogP contribution in [0.2, 0.25) is 0 Å². The lowest BCUT2D eigenvalue weighted by atomic mass is 10.3. The van der Waals surface area contributed by atoms with Gasteiger partial charge in [-0.15, -0.1) is 0 Å². The highest BCUT2D eigenvalue weighted by atomic mass is 15.6. The average molecular weight is 183 g/mol. The number of rotatable bonds is 2. The van der Waals surface area contributed by atoms with E-state index in [1.165, 1.54) is 11.4 Å². The van der Waals surface area contributed by atoms with Gasteiger partial charge in [-0.05, 0) is 12.5 Å². The van der Waals surface area contributed by atoms with Gasteiger partial charge in [-0.1, -0.05) is 20.4 Å². The summed E-state index contributed by atoms with van der Waals surface area (Å²) in [5, 5.41) is 1.94. The molecule has 0 spiro atoms. The molecule has 1 aliphatic rings. The summed E-state index contributed by atoms with van der Waals surface area (Å²) in [7, 11) is 4.06. The third kappa shape index (κ3) is 2.77. The van der Waals surface area contributed by atoms with Gasteiger partial charge in [0.2, 0.25) is 0 Å². The summed E-state index contributed by atoms with van der Waals surface area (Å²) in [4.78, 5) is 2.08. The van der Waals surface area contributed by atoms with Gasteiger partial charge >= 0.3 is 0 Å². The summed E-state index contributed by atoms with van der Waals surface area (Å²) in [5.74, 6) is 1.19. The van der Waals surface area contributed by atoms with Crippen molar-refractivity contribution in [3.05, 3.63) is 24.2 Å². The van der Waals surface area contributed by atoms with Crippen molar-refractivity contribution in [3.8, 4) is 0 Å². The molecule has 0 aromatic heterocycles. The monoisotopic (exact) mass is 183 g/mol. The molecule has 0 aromatic rings. The molecule has 3 nitrogen and oxygen atoms in total. The van der Waals surface area contributed by atoms with Crippen LogP contribution in [-0.4, -0.2) is 30.5 Å². The van der Waals surface area contributed by atoms with Gasteiger partial charge in [0, 0.05) is 26.8 Å². The predicted molar refractivity (Wildman–Crippen MR) is 57.8 cm³/mol. The van der Waals surface area contributed by atoms with E-state index in [1.807, 2.05) is 33.0 Å². The molecule has 13 heavy (non-hydrogen) atoms. The Morgan fingerprint density at radius 2 is 2.00 bits per heavy atom. The van der Waals surface area contributed by atoms with Crippen molar-refractivity contribution < 1.29 is 0 Å². The zero-order valence-corrected chi connectivity index (χ0v) is 9.39. The Balaban J connectivity index is 0.000000671. The molecule has 1 aliphatic heterocycles. The van der Waals surface area contributed by atoms with Crippen LogP contribution in [0, 0.1) is 0 Å². The van der Waals surface area contributed by atoms with Gasteiger partial charge in [-0.25, -0.2) is 5.43 Å². The SMILES string of the molecule is C=CN1NCC(C)=C1N(C)C.CC. The van der Waals surface area contributed by atoms with Gasteiger partial charge < -0.3 is 4.90 Å². The molecule has 76 valence electrons. The highest BCUT2D eigenvalue weighted by Gasteiger charge is 2.17. The van der Waals surface area contributed by atoms with E-state index in [2.05, 4.69) is 23.8 Å². The standard InChI is InChI=1S/C8H15N3.C2H6/c1-5-11-8(10(3)4)7(2)6-9-11;1-2/h5,9H,1,6H2,2-4H3;1-2H3. The average Bonchev–Trinajstić information content (AvgIpc) is 2.50. The van der Waals surface area contributed by atoms with Crippen LogP contribution in [0.1, 0.15) is 20.8 Å². The zero-order chi connectivity index (χ0) is 10.4. The maximum absolute atomic E-state index is 3.71. The van der Waals surface area contributed by atoms with E-state index in [-0.39, 0.29) is 0 Å². The lowest BCUT2D eigenvalue weighted by Gasteiger charge is -2.23. The molecule has 1 N–H and O–H groups in total. The maximum atomic E-state index is 3.71. The van der Waals surface area contributed by atoms with Crippen LogP contribution in [0.5, 0.6) is 0 Å². The second-order valence-electron chi connectivity index (χ2n) is 2.89. The van der Waals surface area contributed by atoms with Crippen LogP contribution >= 0.6 is 0 Å². The fourth-order valence-electron chi connectivity index (χ4n) is 1.31. The van der Waals surface area contributed by atoms with Crippen LogP contribution in [-0.2, 0) is 0 Å². The minimum atomic E-state index is 0.916. The van der Waals surface area contributed by atoms with Crippen molar-refractivity contribution in [1.29, 1.82) is 0 Å². The summed E-state index contributed by atoms with van der Waals surface area (Å²) >= 11 is 0. The van der Waals surface area contributed by atoms with Crippen molar-refractivity contribution in [2.45, 2.75) is 20.8 Å². The van der Waals surface area contributed by atoms with Gasteiger partial charge in [-0.2, -0.15) is 0 Å². The molecular formula is C10H21N3. The molecule has 3 heteroatoms. The van der Waals surface area contributed by atoms with E-state index in [4.69, 9.17) is 0 Å². The molecule has 0 bridgehead atoms. The molecule has 0 atom stereocenters. The Hall–Kier alpha value is -0.960. The van der Waals surface area contributed by atoms with Crippen molar-refractivity contribution >= 4 is 0 Å². The summed E-state index contributed by atoms with van der Waals surface area (Å²) in [6.45, 7) is 10.7. The van der Waals surface area contributed by atoms with Gasteiger partial charge in [0.1, 0.15) is 5.82 Å². The Morgan fingerprint density at radius 1 is 1.46 bits per heavy atom. The lowest BCUT2D eigenvalue weighted by molar-refractivity contribution is 0.293. The molecule has 0 fully saturated rings. The highest BCUT2D eigenvalue weighted by Crippen LogP contribution is 2.15. The number of nitrogens with zero attached hydrogens (tertiary/aromatic N) is 2. The minimum Gasteiger partial charge on any atom is -0.363 e. The highest BCUT2D eigenvalue weighted by molar-refractivity contribution is 5.16. The maximum Gasteiger partial charge on any atom is 0.122 e. The normalized spacial score (nSPS) is 15.3. The quantitative estimate of drug-likeness (QED) is 0.704. The first-order valence-electron chi connectivity index (χ1n) is 4.69. The summed E-state index contributed by atoms with van der Waals surface area (Å²) in [5.41, 5.74) is 4.53. The first-order chi connectivity index (χ1) is 6.16. The Bertz CT molecular complexity index is 194. The lowest BCUT2D eigenvalue weighted by Crippen LogP contribution is -2.31. The van der Waals surface area contributed by atoms with Crippen LogP contribution in [0.3, 0.4) is 0 Å². The van der Waals surface area contributed by atoms with Crippen LogP contribution in [0.25, 0.3) is 0 Å². The van der Waals surface area contributed by atoms with E-state index >= 15 is 0 Å². The van der Waals surface area contributed by atoms with Crippen LogP contribution in [0.15, 0.2) is 24.2 Å². The van der Waals surface area contributed by atoms with Gasteiger partial charge in [0.15, 0.2) is 0 Å². The van der Waals surface area contributed by atoms with Gasteiger partial charge in [0.05, 0.1) is 0 Å². The smallest absolute Gasteiger partial charge is 0.122 e. The topological polar surface area (TPSA) is 18.5 Å². The molecule has 0 radical (unpaired) electrons. The van der Waals surface area contributed by atoms with Gasteiger partial charge in [-0.3, -0.25) is 5.01 Å². The minimum absolute atomic E-state index is 0.916. The molecule has 0 unspecified atom stereocenters. The van der Waals surface area contributed by atoms with E-state index in [0.29, 0.717) is 0 Å². The summed E-state index contributed by atoms with van der Waals surface area (Å²) in [6, 6.07) is 0.